The minimum Gasteiger partial charge on any atom is -0.481 e. The van der Waals surface area contributed by atoms with Gasteiger partial charge in [-0.1, -0.05) is 26.0 Å². The molecule has 1 atom stereocenters. The molecule has 2 N–H and O–H groups in total. The molecule has 5 heteroatoms. The third kappa shape index (κ3) is 4.99. The maximum atomic E-state index is 11.4. The number of aliphatic carboxylic acids is 1. The Morgan fingerprint density at radius 3 is 1.94 bits per heavy atom. The van der Waals surface area contributed by atoms with Gasteiger partial charge in [-0.2, -0.15) is 0 Å². The van der Waals surface area contributed by atoms with Gasteiger partial charge in [0.15, 0.2) is 5.92 Å². The predicted molar refractivity (Wildman–Crippen MR) is 62.4 cm³/mol. The second kappa shape index (κ2) is 5.31. The lowest BCUT2D eigenvalue weighted by molar-refractivity contribution is -0.161. The quantitative estimate of drug-likeness (QED) is 0.431. The highest BCUT2D eigenvalue weighted by atomic mass is 16.5. The van der Waals surface area contributed by atoms with Crippen molar-refractivity contribution in [3.63, 3.8) is 0 Å². The summed E-state index contributed by atoms with van der Waals surface area (Å²) in [7, 11) is 1.15. The van der Waals surface area contributed by atoms with Gasteiger partial charge in [0, 0.05) is 5.41 Å². The Morgan fingerprint density at radius 2 is 1.65 bits per heavy atom. The number of hydrogen-bond acceptors (Lipinski definition) is 4. The van der Waals surface area contributed by atoms with E-state index in [2.05, 4.69) is 4.74 Å². The van der Waals surface area contributed by atoms with Crippen molar-refractivity contribution < 1.29 is 24.5 Å². The molecule has 0 amide bonds. The van der Waals surface area contributed by atoms with Crippen molar-refractivity contribution in [2.24, 2.45) is 11.3 Å². The number of hydrogen-bond donors (Lipinski definition) is 2. The van der Waals surface area contributed by atoms with Gasteiger partial charge >= 0.3 is 11.9 Å². The molecule has 0 bridgehead atoms. The highest BCUT2D eigenvalue weighted by Crippen LogP contribution is 2.30. The number of carboxylic acid groups (broad SMARTS) is 1. The fraction of sp³-hybridized carbons (Fsp3) is 0.667. The van der Waals surface area contributed by atoms with Gasteiger partial charge in [0.2, 0.25) is 0 Å². The zero-order chi connectivity index (χ0) is 13.9. The number of allylic oxidation sites excluding steroid dienone is 1. The summed E-state index contributed by atoms with van der Waals surface area (Å²) >= 11 is 0. The molecule has 0 saturated heterocycles. The number of ether oxygens (including phenoxy) is 1. The Kier molecular flexibility index (Phi) is 4.89. The molecule has 0 aliphatic heterocycles. The topological polar surface area (TPSA) is 83.8 Å². The summed E-state index contributed by atoms with van der Waals surface area (Å²) in [6, 6.07) is 0. The number of carbonyl (C=O) groups is 2. The number of esters is 1. The highest BCUT2D eigenvalue weighted by Gasteiger charge is 2.40. The number of aliphatic hydroxyl groups is 1. The summed E-state index contributed by atoms with van der Waals surface area (Å²) in [6.07, 6.45) is 2.98. The van der Waals surface area contributed by atoms with Crippen LogP contribution in [0.25, 0.3) is 0 Å². The first-order valence-corrected chi connectivity index (χ1v) is 5.24. The molecule has 0 fully saturated rings. The maximum Gasteiger partial charge on any atom is 0.320 e. The zero-order valence-electron chi connectivity index (χ0n) is 10.9. The molecule has 0 aliphatic carbocycles. The van der Waals surface area contributed by atoms with Gasteiger partial charge in [0.1, 0.15) is 0 Å². The van der Waals surface area contributed by atoms with Gasteiger partial charge in [0.05, 0.1) is 12.7 Å². The van der Waals surface area contributed by atoms with Crippen molar-refractivity contribution in [2.75, 3.05) is 7.11 Å². The van der Waals surface area contributed by atoms with Crippen LogP contribution in [0.4, 0.5) is 0 Å². The van der Waals surface area contributed by atoms with E-state index < -0.39 is 28.9 Å². The Morgan fingerprint density at radius 1 is 1.18 bits per heavy atom. The zero-order valence-corrected chi connectivity index (χ0v) is 10.9. The van der Waals surface area contributed by atoms with Gasteiger partial charge in [-0.05, 0) is 13.8 Å². The highest BCUT2D eigenvalue weighted by molar-refractivity contribution is 5.95. The molecule has 98 valence electrons. The summed E-state index contributed by atoms with van der Waals surface area (Å²) < 4.78 is 4.48. The molecule has 0 rings (SSSR count). The minimum absolute atomic E-state index is 0.803. The van der Waals surface area contributed by atoms with E-state index in [4.69, 9.17) is 5.11 Å². The molecule has 17 heavy (non-hydrogen) atoms. The number of carbonyl (C=O) groups excluding carboxylic acids is 1. The second-order valence-corrected chi connectivity index (χ2v) is 5.10. The van der Waals surface area contributed by atoms with Crippen molar-refractivity contribution in [3.8, 4) is 0 Å². The van der Waals surface area contributed by atoms with Crippen LogP contribution in [-0.2, 0) is 14.3 Å². The molecule has 0 aromatic carbocycles. The van der Waals surface area contributed by atoms with Gasteiger partial charge in [-0.3, -0.25) is 9.59 Å². The SMILES string of the molecule is COC(=O)C(C(=O)O)C(C)(C)/C=C/C(C)(C)O. The average Bonchev–Trinajstić information content (AvgIpc) is 2.12. The summed E-state index contributed by atoms with van der Waals surface area (Å²) in [4.78, 5) is 22.5. The minimum atomic E-state index is -1.30. The summed E-state index contributed by atoms with van der Waals surface area (Å²) in [5.41, 5.74) is -2.00. The molecule has 0 aliphatic rings. The summed E-state index contributed by atoms with van der Waals surface area (Å²) in [5.74, 6) is -3.35. The van der Waals surface area contributed by atoms with Crippen molar-refractivity contribution in [1.29, 1.82) is 0 Å². The van der Waals surface area contributed by atoms with Gasteiger partial charge < -0.3 is 14.9 Å². The molecule has 0 radical (unpaired) electrons. The largest absolute Gasteiger partial charge is 0.481 e. The molecule has 0 saturated carbocycles. The third-order valence-corrected chi connectivity index (χ3v) is 2.35. The molecule has 0 heterocycles. The lowest BCUT2D eigenvalue weighted by Crippen LogP contribution is -2.37. The van der Waals surface area contributed by atoms with Crippen LogP contribution in [0.1, 0.15) is 27.7 Å². The Bertz CT molecular complexity index is 322. The van der Waals surface area contributed by atoms with E-state index in [-0.39, 0.29) is 0 Å². The first-order chi connectivity index (χ1) is 7.51. The molecule has 0 aromatic rings. The fourth-order valence-electron chi connectivity index (χ4n) is 1.36. The van der Waals surface area contributed by atoms with Gasteiger partial charge in [0.25, 0.3) is 0 Å². The first-order valence-electron chi connectivity index (χ1n) is 5.24. The van der Waals surface area contributed by atoms with Crippen LogP contribution in [0.5, 0.6) is 0 Å². The van der Waals surface area contributed by atoms with Crippen LogP contribution in [0, 0.1) is 11.3 Å². The number of methoxy groups -OCH3 is 1. The van der Waals surface area contributed by atoms with Gasteiger partial charge in [-0.15, -0.1) is 0 Å². The number of rotatable bonds is 5. The first kappa shape index (κ1) is 15.6. The lowest BCUT2D eigenvalue weighted by atomic mass is 9.77. The monoisotopic (exact) mass is 244 g/mol. The van der Waals surface area contributed by atoms with E-state index in [1.807, 2.05) is 0 Å². The second-order valence-electron chi connectivity index (χ2n) is 5.10. The van der Waals surface area contributed by atoms with Crippen LogP contribution in [0.2, 0.25) is 0 Å². The molecular weight excluding hydrogens is 224 g/mol. The average molecular weight is 244 g/mol. The van der Waals surface area contributed by atoms with Crippen LogP contribution in [0.3, 0.4) is 0 Å². The van der Waals surface area contributed by atoms with Crippen molar-refractivity contribution in [2.45, 2.75) is 33.3 Å². The van der Waals surface area contributed by atoms with Crippen LogP contribution in [0.15, 0.2) is 12.2 Å². The van der Waals surface area contributed by atoms with Crippen LogP contribution < -0.4 is 0 Å². The van der Waals surface area contributed by atoms with Crippen molar-refractivity contribution in [3.05, 3.63) is 12.2 Å². The van der Waals surface area contributed by atoms with E-state index >= 15 is 0 Å². The summed E-state index contributed by atoms with van der Waals surface area (Å²) in [5, 5.41) is 18.6. The fourth-order valence-corrected chi connectivity index (χ4v) is 1.36. The van der Waals surface area contributed by atoms with Crippen LogP contribution >= 0.6 is 0 Å². The van der Waals surface area contributed by atoms with Gasteiger partial charge in [-0.25, -0.2) is 0 Å². The normalized spacial score (nSPS) is 14.7. The van der Waals surface area contributed by atoms with Crippen LogP contribution in [-0.4, -0.2) is 34.9 Å². The third-order valence-electron chi connectivity index (χ3n) is 2.35. The van der Waals surface area contributed by atoms with E-state index in [0.717, 1.165) is 7.11 Å². The number of carboxylic acids is 1. The smallest absolute Gasteiger partial charge is 0.320 e. The van der Waals surface area contributed by atoms with E-state index in [9.17, 15) is 14.7 Å². The Labute approximate surface area is 101 Å². The van der Waals surface area contributed by atoms with E-state index in [1.54, 1.807) is 27.7 Å². The standard InChI is InChI=1S/C12H20O5/c1-11(2,6-7-12(3,4)16)8(9(13)14)10(15)17-5/h6-8,16H,1-5H3,(H,13,14)/b7-6+. The van der Waals surface area contributed by atoms with Crippen molar-refractivity contribution >= 4 is 11.9 Å². The van der Waals surface area contributed by atoms with E-state index in [0.29, 0.717) is 0 Å². The molecule has 0 spiro atoms. The molecule has 0 aromatic heterocycles. The molecule has 1 unspecified atom stereocenters. The molecule has 5 nitrogen and oxygen atoms in total. The summed E-state index contributed by atoms with van der Waals surface area (Å²) in [6.45, 7) is 6.33. The predicted octanol–water partition coefficient (Wildman–Crippen LogP) is 1.21. The van der Waals surface area contributed by atoms with E-state index in [1.165, 1.54) is 12.2 Å². The Hall–Kier alpha value is -1.36. The maximum absolute atomic E-state index is 11.4. The molecular formula is C12H20O5. The Balaban J connectivity index is 5.17. The van der Waals surface area contributed by atoms with Crippen molar-refractivity contribution in [1.82, 2.24) is 0 Å². The lowest BCUT2D eigenvalue weighted by Gasteiger charge is -2.27.